The number of benzene rings is 2. The van der Waals surface area contributed by atoms with E-state index in [1.165, 1.54) is 11.1 Å². The Labute approximate surface area is 183 Å². The van der Waals surface area contributed by atoms with E-state index in [0.717, 1.165) is 32.5 Å². The molecule has 0 atom stereocenters. The molecule has 160 valence electrons. The van der Waals surface area contributed by atoms with Gasteiger partial charge in [-0.3, -0.25) is 9.69 Å². The van der Waals surface area contributed by atoms with Crippen LogP contribution in [0.25, 0.3) is 0 Å². The van der Waals surface area contributed by atoms with Gasteiger partial charge in [-0.25, -0.2) is 4.79 Å². The van der Waals surface area contributed by atoms with Crippen molar-refractivity contribution in [1.82, 2.24) is 20.9 Å². The summed E-state index contributed by atoms with van der Waals surface area (Å²) in [5.41, 5.74) is 3.11. The van der Waals surface area contributed by atoms with Crippen molar-refractivity contribution in [3.63, 3.8) is 0 Å². The minimum absolute atomic E-state index is 0.177. The van der Waals surface area contributed by atoms with Crippen molar-refractivity contribution >= 4 is 23.5 Å². The van der Waals surface area contributed by atoms with E-state index in [4.69, 9.17) is 11.6 Å². The van der Waals surface area contributed by atoms with Gasteiger partial charge in [0.1, 0.15) is 0 Å². The number of carbonyl (C=O) groups excluding carboxylic acids is 2. The molecule has 3 rings (SSSR count). The van der Waals surface area contributed by atoms with Crippen molar-refractivity contribution < 1.29 is 9.59 Å². The number of hydrogen-bond acceptors (Lipinski definition) is 3. The molecule has 1 heterocycles. The van der Waals surface area contributed by atoms with E-state index in [1.54, 1.807) is 24.3 Å². The summed E-state index contributed by atoms with van der Waals surface area (Å²) in [5.74, 6) is -0.246. The lowest BCUT2D eigenvalue weighted by molar-refractivity contribution is 0.0954. The number of piperidine rings is 1. The molecular weight excluding hydrogens is 400 g/mol. The number of carbonyl (C=O) groups is 2. The van der Waals surface area contributed by atoms with E-state index in [9.17, 15) is 9.59 Å². The Morgan fingerprint density at radius 3 is 2.40 bits per heavy atom. The van der Waals surface area contributed by atoms with Gasteiger partial charge >= 0.3 is 6.03 Å². The summed E-state index contributed by atoms with van der Waals surface area (Å²) >= 11 is 6.01. The molecule has 3 amide bonds. The number of hydrogen-bond donors (Lipinski definition) is 3. The van der Waals surface area contributed by atoms with Gasteiger partial charge in [-0.15, -0.1) is 0 Å². The first-order valence-electron chi connectivity index (χ1n) is 10.4. The third-order valence-electron chi connectivity index (χ3n) is 5.39. The fraction of sp³-hybridized carbons (Fsp3) is 0.391. The maximum Gasteiger partial charge on any atom is 0.315 e. The molecule has 1 saturated heterocycles. The molecule has 3 N–H and O–H groups in total. The molecule has 1 aliphatic rings. The topological polar surface area (TPSA) is 73.5 Å². The van der Waals surface area contributed by atoms with Gasteiger partial charge < -0.3 is 16.0 Å². The SMILES string of the molecule is Cc1ccccc1CN1CCC(NC(=O)NCCNC(=O)c2ccccc2Cl)CC1. The van der Waals surface area contributed by atoms with Crippen molar-refractivity contribution in [3.8, 4) is 0 Å². The first-order chi connectivity index (χ1) is 14.5. The monoisotopic (exact) mass is 428 g/mol. The van der Waals surface area contributed by atoms with Crippen LogP contribution in [-0.4, -0.2) is 49.1 Å². The Morgan fingerprint density at radius 1 is 1.00 bits per heavy atom. The minimum atomic E-state index is -0.246. The van der Waals surface area contributed by atoms with E-state index >= 15 is 0 Å². The van der Waals surface area contributed by atoms with Gasteiger partial charge in [-0.1, -0.05) is 48.0 Å². The predicted octanol–water partition coefficient (Wildman–Crippen LogP) is 3.34. The van der Waals surface area contributed by atoms with Gasteiger partial charge in [0, 0.05) is 38.8 Å². The summed E-state index contributed by atoms with van der Waals surface area (Å²) in [5, 5.41) is 9.00. The Morgan fingerprint density at radius 2 is 1.67 bits per heavy atom. The summed E-state index contributed by atoms with van der Waals surface area (Å²) in [7, 11) is 0. The van der Waals surface area contributed by atoms with Crippen molar-refractivity contribution in [2.75, 3.05) is 26.2 Å². The minimum Gasteiger partial charge on any atom is -0.350 e. The largest absolute Gasteiger partial charge is 0.350 e. The number of aryl methyl sites for hydroxylation is 1. The summed E-state index contributed by atoms with van der Waals surface area (Å²) in [6.07, 6.45) is 1.87. The molecule has 7 heteroatoms. The van der Waals surface area contributed by atoms with Crippen LogP contribution in [0.1, 0.15) is 34.3 Å². The Balaban J connectivity index is 1.31. The lowest BCUT2D eigenvalue weighted by atomic mass is 10.0. The maximum atomic E-state index is 12.1. The summed E-state index contributed by atoms with van der Waals surface area (Å²) in [6, 6.07) is 15.3. The van der Waals surface area contributed by atoms with Crippen molar-refractivity contribution in [2.24, 2.45) is 0 Å². The highest BCUT2D eigenvalue weighted by molar-refractivity contribution is 6.33. The van der Waals surface area contributed by atoms with Gasteiger partial charge in [-0.2, -0.15) is 0 Å². The van der Waals surface area contributed by atoms with Crippen molar-refractivity contribution in [1.29, 1.82) is 0 Å². The number of nitrogens with one attached hydrogen (secondary N) is 3. The number of nitrogens with zero attached hydrogens (tertiary/aromatic N) is 1. The molecule has 1 fully saturated rings. The van der Waals surface area contributed by atoms with Crippen LogP contribution in [-0.2, 0) is 6.54 Å². The molecular formula is C23H29ClN4O2. The van der Waals surface area contributed by atoms with Crippen LogP contribution >= 0.6 is 11.6 Å². The van der Waals surface area contributed by atoms with E-state index in [0.29, 0.717) is 23.7 Å². The lowest BCUT2D eigenvalue weighted by Gasteiger charge is -2.32. The smallest absolute Gasteiger partial charge is 0.315 e. The molecule has 0 bridgehead atoms. The standard InChI is InChI=1S/C23H29ClN4O2/c1-17-6-2-3-7-18(17)16-28-14-10-19(11-15-28)27-23(30)26-13-12-25-22(29)20-8-4-5-9-21(20)24/h2-9,19H,10-16H2,1H3,(H,25,29)(H2,26,27,30). The fourth-order valence-electron chi connectivity index (χ4n) is 3.59. The second-order valence-electron chi connectivity index (χ2n) is 7.61. The van der Waals surface area contributed by atoms with E-state index in [-0.39, 0.29) is 18.0 Å². The molecule has 30 heavy (non-hydrogen) atoms. The average molecular weight is 429 g/mol. The van der Waals surface area contributed by atoms with Crippen LogP contribution < -0.4 is 16.0 Å². The maximum absolute atomic E-state index is 12.1. The van der Waals surface area contributed by atoms with Crippen molar-refractivity contribution in [2.45, 2.75) is 32.4 Å². The molecule has 6 nitrogen and oxygen atoms in total. The zero-order valence-corrected chi connectivity index (χ0v) is 18.0. The average Bonchev–Trinajstić information content (AvgIpc) is 2.74. The summed E-state index contributed by atoms with van der Waals surface area (Å²) in [6.45, 7) is 5.72. The van der Waals surface area contributed by atoms with Gasteiger partial charge in [0.25, 0.3) is 5.91 Å². The Kier molecular flexibility index (Phi) is 8.11. The van der Waals surface area contributed by atoms with Gasteiger partial charge in [-0.05, 0) is 43.0 Å². The first-order valence-corrected chi connectivity index (χ1v) is 10.7. The highest BCUT2D eigenvalue weighted by Gasteiger charge is 2.21. The molecule has 0 aliphatic carbocycles. The number of likely N-dealkylation sites (tertiary alicyclic amines) is 1. The third kappa shape index (κ3) is 6.47. The molecule has 2 aromatic rings. The van der Waals surface area contributed by atoms with Crippen molar-refractivity contribution in [3.05, 3.63) is 70.2 Å². The summed E-state index contributed by atoms with van der Waals surface area (Å²) < 4.78 is 0. The van der Waals surface area contributed by atoms with Crippen LogP contribution in [0.2, 0.25) is 5.02 Å². The predicted molar refractivity (Wildman–Crippen MR) is 120 cm³/mol. The molecule has 0 spiro atoms. The highest BCUT2D eigenvalue weighted by atomic mass is 35.5. The number of urea groups is 1. The summed E-state index contributed by atoms with van der Waals surface area (Å²) in [4.78, 5) is 26.6. The normalized spacial score (nSPS) is 14.9. The molecule has 2 aromatic carbocycles. The molecule has 1 aliphatic heterocycles. The van der Waals surface area contributed by atoms with Crippen LogP contribution in [0.5, 0.6) is 0 Å². The van der Waals surface area contributed by atoms with Gasteiger partial charge in [0.2, 0.25) is 0 Å². The van der Waals surface area contributed by atoms with Crippen LogP contribution in [0.4, 0.5) is 4.79 Å². The van der Waals surface area contributed by atoms with Crippen LogP contribution in [0.3, 0.4) is 0 Å². The zero-order valence-electron chi connectivity index (χ0n) is 17.3. The number of halogens is 1. The van der Waals surface area contributed by atoms with E-state index in [1.807, 2.05) is 0 Å². The molecule has 0 unspecified atom stereocenters. The third-order valence-corrected chi connectivity index (χ3v) is 5.72. The van der Waals surface area contributed by atoms with E-state index < -0.39 is 0 Å². The van der Waals surface area contributed by atoms with E-state index in [2.05, 4.69) is 52.0 Å². The fourth-order valence-corrected chi connectivity index (χ4v) is 3.81. The second kappa shape index (κ2) is 11.0. The molecule has 0 saturated carbocycles. The van der Waals surface area contributed by atoms with Crippen LogP contribution in [0.15, 0.2) is 48.5 Å². The Bertz CT molecular complexity index is 866. The lowest BCUT2D eigenvalue weighted by Crippen LogP contribution is -2.48. The Hall–Kier alpha value is -2.57. The van der Waals surface area contributed by atoms with Gasteiger partial charge in [0.15, 0.2) is 0 Å². The van der Waals surface area contributed by atoms with Gasteiger partial charge in [0.05, 0.1) is 10.6 Å². The first kappa shape index (κ1) is 22.1. The quantitative estimate of drug-likeness (QED) is 0.592. The molecule has 0 radical (unpaired) electrons. The number of amides is 3. The molecule has 0 aromatic heterocycles. The zero-order chi connectivity index (χ0) is 21.3. The highest BCUT2D eigenvalue weighted by Crippen LogP contribution is 2.16. The number of rotatable bonds is 7. The second-order valence-corrected chi connectivity index (χ2v) is 8.02. The van der Waals surface area contributed by atoms with Crippen LogP contribution in [0, 0.1) is 6.92 Å².